The maximum absolute atomic E-state index is 13.1. The van der Waals surface area contributed by atoms with Crippen LogP contribution in [0.5, 0.6) is 11.6 Å². The van der Waals surface area contributed by atoms with Crippen LogP contribution in [0.2, 0.25) is 0 Å². The highest BCUT2D eigenvalue weighted by molar-refractivity contribution is 5.93. The molecule has 1 aliphatic rings. The Balaban J connectivity index is 1.75. The van der Waals surface area contributed by atoms with E-state index in [4.69, 9.17) is 9.47 Å². The van der Waals surface area contributed by atoms with Gasteiger partial charge in [-0.15, -0.1) is 0 Å². The van der Waals surface area contributed by atoms with Gasteiger partial charge in [0.05, 0.1) is 25.5 Å². The summed E-state index contributed by atoms with van der Waals surface area (Å²) >= 11 is 0. The minimum Gasteiger partial charge on any atom is -0.495 e. The second-order valence-corrected chi connectivity index (χ2v) is 8.40. The van der Waals surface area contributed by atoms with Crippen LogP contribution in [0, 0.1) is 5.92 Å². The van der Waals surface area contributed by atoms with E-state index in [1.165, 1.54) is 18.9 Å². The van der Waals surface area contributed by atoms with E-state index in [2.05, 4.69) is 10.4 Å². The molecular formula is C21H32N4O4. The SMILES string of the molecule is COc1cc(O)n([C@@H](CC2CCCC2)C(=O)Nc2ccn(CC(C)(C)OC)n2)c1. The molecule has 2 aromatic rings. The average molecular weight is 405 g/mol. The van der Waals surface area contributed by atoms with E-state index in [9.17, 15) is 9.90 Å². The molecule has 8 nitrogen and oxygen atoms in total. The summed E-state index contributed by atoms with van der Waals surface area (Å²) in [7, 11) is 3.21. The van der Waals surface area contributed by atoms with Gasteiger partial charge < -0.3 is 24.5 Å². The number of carbonyl (C=O) groups is 1. The standard InChI is InChI=1S/C21H32N4O4/c1-21(2,29-4)14-24-10-9-18(23-24)22-20(27)17(11-15-7-5-6-8-15)25-13-16(28-3)12-19(25)26/h9-10,12-13,15,17,26H,5-8,11,14H2,1-4H3,(H,22,23,27)/t17-/m0/s1. The maximum Gasteiger partial charge on any atom is 0.248 e. The highest BCUT2D eigenvalue weighted by atomic mass is 16.5. The second-order valence-electron chi connectivity index (χ2n) is 8.40. The summed E-state index contributed by atoms with van der Waals surface area (Å²) < 4.78 is 14.0. The highest BCUT2D eigenvalue weighted by Crippen LogP contribution is 2.35. The third-order valence-electron chi connectivity index (χ3n) is 5.69. The highest BCUT2D eigenvalue weighted by Gasteiger charge is 2.29. The van der Waals surface area contributed by atoms with Crippen molar-refractivity contribution in [2.24, 2.45) is 5.92 Å². The second kappa shape index (κ2) is 8.90. The molecule has 0 aromatic carbocycles. The molecule has 0 unspecified atom stereocenters. The van der Waals surface area contributed by atoms with Crippen LogP contribution in [0.4, 0.5) is 5.82 Å². The van der Waals surface area contributed by atoms with E-state index in [0.29, 0.717) is 30.5 Å². The van der Waals surface area contributed by atoms with Crippen molar-refractivity contribution in [1.82, 2.24) is 14.3 Å². The van der Waals surface area contributed by atoms with Gasteiger partial charge in [0.25, 0.3) is 0 Å². The average Bonchev–Trinajstić information content (AvgIpc) is 3.41. The number of rotatable bonds is 9. The van der Waals surface area contributed by atoms with Crippen LogP contribution in [-0.4, -0.2) is 45.2 Å². The predicted molar refractivity (Wildman–Crippen MR) is 110 cm³/mol. The van der Waals surface area contributed by atoms with Crippen molar-refractivity contribution < 1.29 is 19.4 Å². The molecule has 8 heteroatoms. The van der Waals surface area contributed by atoms with Gasteiger partial charge in [0.15, 0.2) is 11.7 Å². The zero-order chi connectivity index (χ0) is 21.0. The Labute approximate surface area is 171 Å². The first-order valence-electron chi connectivity index (χ1n) is 10.2. The van der Waals surface area contributed by atoms with Gasteiger partial charge in [0.2, 0.25) is 5.91 Å². The Hall–Kier alpha value is -2.48. The smallest absolute Gasteiger partial charge is 0.248 e. The van der Waals surface area contributed by atoms with Crippen molar-refractivity contribution in [3.8, 4) is 11.6 Å². The normalized spacial score (nSPS) is 16.1. The molecule has 0 bridgehead atoms. The zero-order valence-electron chi connectivity index (χ0n) is 17.7. The van der Waals surface area contributed by atoms with Crippen LogP contribution in [0.25, 0.3) is 0 Å². The number of aromatic hydroxyl groups is 1. The lowest BCUT2D eigenvalue weighted by molar-refractivity contribution is -0.119. The van der Waals surface area contributed by atoms with Crippen molar-refractivity contribution in [2.45, 2.75) is 64.1 Å². The summed E-state index contributed by atoms with van der Waals surface area (Å²) in [5.41, 5.74) is -0.355. The first kappa shape index (κ1) is 21.2. The van der Waals surface area contributed by atoms with E-state index >= 15 is 0 Å². The largest absolute Gasteiger partial charge is 0.495 e. The van der Waals surface area contributed by atoms with Gasteiger partial charge in [-0.2, -0.15) is 5.10 Å². The maximum atomic E-state index is 13.1. The molecular weight excluding hydrogens is 372 g/mol. The number of hydrogen-bond donors (Lipinski definition) is 2. The van der Waals surface area contributed by atoms with E-state index in [1.54, 1.807) is 35.7 Å². The van der Waals surface area contributed by atoms with Crippen LogP contribution in [0.15, 0.2) is 24.5 Å². The number of nitrogens with one attached hydrogen (secondary N) is 1. The quantitative estimate of drug-likeness (QED) is 0.667. The van der Waals surface area contributed by atoms with Crippen molar-refractivity contribution in [3.63, 3.8) is 0 Å². The minimum atomic E-state index is -0.525. The van der Waals surface area contributed by atoms with Gasteiger partial charge in [0.1, 0.15) is 11.8 Å². The molecule has 29 heavy (non-hydrogen) atoms. The number of aromatic nitrogens is 3. The Kier molecular flexibility index (Phi) is 6.52. The van der Waals surface area contributed by atoms with Gasteiger partial charge in [-0.25, -0.2) is 0 Å². The summed E-state index contributed by atoms with van der Waals surface area (Å²) in [5, 5.41) is 17.7. The fourth-order valence-electron chi connectivity index (χ4n) is 3.89. The monoisotopic (exact) mass is 404 g/mol. The summed E-state index contributed by atoms with van der Waals surface area (Å²) in [4.78, 5) is 13.1. The molecule has 0 saturated heterocycles. The number of nitrogens with zero attached hydrogens (tertiary/aromatic N) is 3. The van der Waals surface area contributed by atoms with Crippen LogP contribution in [0.1, 0.15) is 52.0 Å². The third kappa shape index (κ3) is 5.32. The lowest BCUT2D eigenvalue weighted by atomic mass is 9.97. The third-order valence-corrected chi connectivity index (χ3v) is 5.69. The minimum absolute atomic E-state index is 0.0207. The van der Waals surface area contributed by atoms with Crippen molar-refractivity contribution in [1.29, 1.82) is 0 Å². The lowest BCUT2D eigenvalue weighted by Crippen LogP contribution is -2.30. The predicted octanol–water partition coefficient (Wildman–Crippen LogP) is 3.58. The van der Waals surface area contributed by atoms with Gasteiger partial charge in [-0.05, 0) is 26.2 Å². The Morgan fingerprint density at radius 2 is 2.10 bits per heavy atom. The first-order valence-corrected chi connectivity index (χ1v) is 10.2. The van der Waals surface area contributed by atoms with E-state index in [1.807, 2.05) is 20.0 Å². The van der Waals surface area contributed by atoms with Crippen molar-refractivity contribution in [3.05, 3.63) is 24.5 Å². The summed E-state index contributed by atoms with van der Waals surface area (Å²) in [6, 6.07) is 2.77. The molecule has 0 radical (unpaired) electrons. The Morgan fingerprint density at radius 1 is 1.38 bits per heavy atom. The fourth-order valence-corrected chi connectivity index (χ4v) is 3.89. The summed E-state index contributed by atoms with van der Waals surface area (Å²) in [6.45, 7) is 4.53. The zero-order valence-corrected chi connectivity index (χ0v) is 17.7. The summed E-state index contributed by atoms with van der Waals surface area (Å²) in [5.74, 6) is 1.31. The molecule has 1 atom stereocenters. The van der Waals surface area contributed by atoms with E-state index in [0.717, 1.165) is 12.8 Å². The molecule has 0 aliphatic heterocycles. The topological polar surface area (TPSA) is 90.5 Å². The molecule has 1 saturated carbocycles. The number of hydrogen-bond acceptors (Lipinski definition) is 5. The van der Waals surface area contributed by atoms with E-state index < -0.39 is 6.04 Å². The fraction of sp³-hybridized carbons (Fsp3) is 0.619. The summed E-state index contributed by atoms with van der Waals surface area (Å²) in [6.07, 6.45) is 8.79. The molecule has 3 rings (SSSR count). The van der Waals surface area contributed by atoms with Gasteiger partial charge >= 0.3 is 0 Å². The Morgan fingerprint density at radius 3 is 2.72 bits per heavy atom. The molecule has 2 heterocycles. The van der Waals surface area contributed by atoms with Crippen molar-refractivity contribution >= 4 is 11.7 Å². The molecule has 1 amide bonds. The molecule has 160 valence electrons. The van der Waals surface area contributed by atoms with Crippen LogP contribution < -0.4 is 10.1 Å². The molecule has 2 N–H and O–H groups in total. The molecule has 0 spiro atoms. The number of anilines is 1. The first-order chi connectivity index (χ1) is 13.8. The van der Waals surface area contributed by atoms with Gasteiger partial charge in [-0.3, -0.25) is 9.48 Å². The lowest BCUT2D eigenvalue weighted by Gasteiger charge is -2.23. The van der Waals surface area contributed by atoms with E-state index in [-0.39, 0.29) is 17.4 Å². The molecule has 1 aliphatic carbocycles. The van der Waals surface area contributed by atoms with Gasteiger partial charge in [-0.1, -0.05) is 25.7 Å². The molecule has 1 fully saturated rings. The number of amides is 1. The van der Waals surface area contributed by atoms with Gasteiger partial charge in [0, 0.05) is 25.4 Å². The van der Waals surface area contributed by atoms with Crippen LogP contribution >= 0.6 is 0 Å². The molecule has 2 aromatic heterocycles. The number of carbonyl (C=O) groups excluding carboxylic acids is 1. The number of ether oxygens (including phenoxy) is 2. The number of methoxy groups -OCH3 is 2. The van der Waals surface area contributed by atoms with Crippen molar-refractivity contribution in [2.75, 3.05) is 19.5 Å². The van der Waals surface area contributed by atoms with Crippen LogP contribution in [-0.2, 0) is 16.1 Å². The Bertz CT molecular complexity index is 821. The van der Waals surface area contributed by atoms with Crippen LogP contribution in [0.3, 0.4) is 0 Å².